The van der Waals surface area contributed by atoms with Crippen molar-refractivity contribution in [1.82, 2.24) is 10.2 Å². The van der Waals surface area contributed by atoms with Crippen LogP contribution in [0, 0.1) is 13.8 Å². The Labute approximate surface area is 119 Å². The summed E-state index contributed by atoms with van der Waals surface area (Å²) in [6, 6.07) is 7.97. The zero-order valence-electron chi connectivity index (χ0n) is 12.4. The third-order valence-electron chi connectivity index (χ3n) is 3.42. The van der Waals surface area contributed by atoms with Crippen LogP contribution in [0.2, 0.25) is 0 Å². The monoisotopic (exact) mass is 271 g/mol. The topological polar surface area (TPSA) is 57.8 Å². The van der Waals surface area contributed by atoms with E-state index in [-0.39, 0.29) is 5.91 Å². The fourth-order valence-electron chi connectivity index (χ4n) is 1.98. The number of aryl methyl sites for hydroxylation is 2. The molecule has 0 saturated carbocycles. The number of H-pyrrole nitrogens is 1. The van der Waals surface area contributed by atoms with Crippen LogP contribution in [0.25, 0.3) is 0 Å². The fourth-order valence-corrected chi connectivity index (χ4v) is 1.98. The molecule has 2 N–H and O–H groups in total. The van der Waals surface area contributed by atoms with E-state index in [2.05, 4.69) is 49.3 Å². The van der Waals surface area contributed by atoms with Crippen molar-refractivity contribution in [3.8, 4) is 0 Å². The van der Waals surface area contributed by atoms with Gasteiger partial charge in [0.25, 0.3) is 0 Å². The Morgan fingerprint density at radius 2 is 2.00 bits per heavy atom. The molecule has 1 amide bonds. The van der Waals surface area contributed by atoms with E-state index in [1.807, 2.05) is 18.2 Å². The molecule has 2 aromatic rings. The molecule has 1 aromatic heterocycles. The van der Waals surface area contributed by atoms with E-state index in [0.29, 0.717) is 18.2 Å². The lowest BCUT2D eigenvalue weighted by Gasteiger charge is -2.05. The maximum atomic E-state index is 12.0. The Bertz CT molecular complexity index is 614. The van der Waals surface area contributed by atoms with Crippen molar-refractivity contribution in [2.45, 2.75) is 40.0 Å². The molecule has 1 aromatic carbocycles. The van der Waals surface area contributed by atoms with Crippen molar-refractivity contribution in [3.05, 3.63) is 46.6 Å². The minimum Gasteiger partial charge on any atom is -0.309 e. The third kappa shape index (κ3) is 3.47. The molecule has 0 atom stereocenters. The highest BCUT2D eigenvalue weighted by molar-refractivity contribution is 5.91. The molecular formula is C16H21N3O. The number of nitrogens with zero attached hydrogens (tertiary/aromatic N) is 1. The van der Waals surface area contributed by atoms with Crippen molar-refractivity contribution in [1.29, 1.82) is 0 Å². The molecular weight excluding hydrogens is 250 g/mol. The molecule has 2 rings (SSSR count). The first-order valence-electron chi connectivity index (χ1n) is 6.87. The van der Waals surface area contributed by atoms with Gasteiger partial charge in [-0.3, -0.25) is 9.89 Å². The first-order chi connectivity index (χ1) is 9.45. The summed E-state index contributed by atoms with van der Waals surface area (Å²) in [5.41, 5.74) is 4.48. The molecule has 0 bridgehead atoms. The molecule has 0 radical (unpaired) electrons. The maximum absolute atomic E-state index is 12.0. The summed E-state index contributed by atoms with van der Waals surface area (Å²) in [4.78, 5) is 12.0. The number of aromatic nitrogens is 2. The zero-order chi connectivity index (χ0) is 14.7. The predicted octanol–water partition coefficient (Wildman–Crippen LogP) is 3.33. The first kappa shape index (κ1) is 14.3. The van der Waals surface area contributed by atoms with E-state index >= 15 is 0 Å². The minimum absolute atomic E-state index is 0.0462. The minimum atomic E-state index is -0.0462. The van der Waals surface area contributed by atoms with E-state index in [0.717, 1.165) is 11.3 Å². The number of aromatic amines is 1. The van der Waals surface area contributed by atoms with E-state index in [4.69, 9.17) is 0 Å². The molecule has 1 heterocycles. The summed E-state index contributed by atoms with van der Waals surface area (Å²) in [6.45, 7) is 8.28. The number of hydrogen-bond donors (Lipinski definition) is 2. The van der Waals surface area contributed by atoms with Gasteiger partial charge in [0.2, 0.25) is 5.91 Å². The molecule has 0 aliphatic heterocycles. The number of anilines is 1. The van der Waals surface area contributed by atoms with Gasteiger partial charge in [-0.1, -0.05) is 32.0 Å². The Morgan fingerprint density at radius 1 is 1.25 bits per heavy atom. The number of carbonyl (C=O) groups excluding carboxylic acids is 1. The van der Waals surface area contributed by atoms with Crippen LogP contribution in [0.1, 0.15) is 42.1 Å². The molecule has 4 heteroatoms. The molecule has 4 nitrogen and oxygen atoms in total. The lowest BCUT2D eigenvalue weighted by Crippen LogP contribution is -2.14. The van der Waals surface area contributed by atoms with E-state index in [9.17, 15) is 4.79 Å². The molecule has 106 valence electrons. The van der Waals surface area contributed by atoms with E-state index in [1.165, 1.54) is 11.1 Å². The molecule has 0 fully saturated rings. The van der Waals surface area contributed by atoms with Crippen LogP contribution in [-0.2, 0) is 11.2 Å². The van der Waals surface area contributed by atoms with Crippen LogP contribution in [-0.4, -0.2) is 16.1 Å². The van der Waals surface area contributed by atoms with Gasteiger partial charge >= 0.3 is 0 Å². The summed E-state index contributed by atoms with van der Waals surface area (Å²) in [7, 11) is 0. The molecule has 0 aliphatic carbocycles. The second-order valence-electron chi connectivity index (χ2n) is 5.51. The van der Waals surface area contributed by atoms with Gasteiger partial charge in [-0.2, -0.15) is 5.10 Å². The van der Waals surface area contributed by atoms with Crippen LogP contribution in [0.4, 0.5) is 5.82 Å². The van der Waals surface area contributed by atoms with Crippen molar-refractivity contribution >= 4 is 11.7 Å². The third-order valence-corrected chi connectivity index (χ3v) is 3.42. The Balaban J connectivity index is 1.99. The average molecular weight is 271 g/mol. The molecule has 0 spiro atoms. The van der Waals surface area contributed by atoms with Crippen molar-refractivity contribution in [3.63, 3.8) is 0 Å². The van der Waals surface area contributed by atoms with Gasteiger partial charge in [0.05, 0.1) is 6.42 Å². The normalized spacial score (nSPS) is 10.8. The Hall–Kier alpha value is -2.10. The lowest BCUT2D eigenvalue weighted by molar-refractivity contribution is -0.115. The van der Waals surface area contributed by atoms with Crippen LogP contribution in [0.15, 0.2) is 24.3 Å². The Kier molecular flexibility index (Phi) is 4.23. The summed E-state index contributed by atoms with van der Waals surface area (Å²) >= 11 is 0. The summed E-state index contributed by atoms with van der Waals surface area (Å²) < 4.78 is 0. The SMILES string of the molecule is Cc1ccc(CC(=O)Nc2cc(C(C)C)[nH]n2)cc1C. The quantitative estimate of drug-likeness (QED) is 0.896. The van der Waals surface area contributed by atoms with Gasteiger partial charge in [-0.05, 0) is 36.5 Å². The standard InChI is InChI=1S/C16H21N3O/c1-10(2)14-9-15(19-18-14)17-16(20)8-13-6-5-11(3)12(4)7-13/h5-7,9-10H,8H2,1-4H3,(H2,17,18,19,20). The summed E-state index contributed by atoms with van der Waals surface area (Å²) in [5, 5.41) is 9.84. The van der Waals surface area contributed by atoms with Crippen molar-refractivity contribution in [2.24, 2.45) is 0 Å². The molecule has 0 unspecified atom stereocenters. The highest BCUT2D eigenvalue weighted by atomic mass is 16.1. The highest BCUT2D eigenvalue weighted by Gasteiger charge is 2.09. The predicted molar refractivity (Wildman–Crippen MR) is 80.9 cm³/mol. The Morgan fingerprint density at radius 3 is 2.60 bits per heavy atom. The van der Waals surface area contributed by atoms with E-state index in [1.54, 1.807) is 0 Å². The van der Waals surface area contributed by atoms with Crippen LogP contribution in [0.3, 0.4) is 0 Å². The molecule has 0 aliphatic rings. The van der Waals surface area contributed by atoms with Gasteiger partial charge in [0.15, 0.2) is 5.82 Å². The van der Waals surface area contributed by atoms with E-state index < -0.39 is 0 Å². The largest absolute Gasteiger partial charge is 0.309 e. The number of hydrogen-bond acceptors (Lipinski definition) is 2. The molecule has 20 heavy (non-hydrogen) atoms. The van der Waals surface area contributed by atoms with Crippen molar-refractivity contribution < 1.29 is 4.79 Å². The van der Waals surface area contributed by atoms with Gasteiger partial charge in [-0.25, -0.2) is 0 Å². The molecule has 0 saturated heterocycles. The van der Waals surface area contributed by atoms with Gasteiger partial charge in [0.1, 0.15) is 0 Å². The number of rotatable bonds is 4. The first-order valence-corrected chi connectivity index (χ1v) is 6.87. The van der Waals surface area contributed by atoms with Crippen LogP contribution >= 0.6 is 0 Å². The lowest BCUT2D eigenvalue weighted by atomic mass is 10.0. The summed E-state index contributed by atoms with van der Waals surface area (Å²) in [5.74, 6) is 0.908. The smallest absolute Gasteiger partial charge is 0.229 e. The second kappa shape index (κ2) is 5.90. The zero-order valence-corrected chi connectivity index (χ0v) is 12.4. The fraction of sp³-hybridized carbons (Fsp3) is 0.375. The number of amides is 1. The number of benzene rings is 1. The van der Waals surface area contributed by atoms with Gasteiger partial charge in [-0.15, -0.1) is 0 Å². The summed E-state index contributed by atoms with van der Waals surface area (Å²) in [6.07, 6.45) is 0.366. The second-order valence-corrected chi connectivity index (χ2v) is 5.51. The average Bonchev–Trinajstić information content (AvgIpc) is 2.82. The van der Waals surface area contributed by atoms with Crippen LogP contribution in [0.5, 0.6) is 0 Å². The van der Waals surface area contributed by atoms with Crippen molar-refractivity contribution in [2.75, 3.05) is 5.32 Å². The highest BCUT2D eigenvalue weighted by Crippen LogP contribution is 2.15. The van der Waals surface area contributed by atoms with Crippen LogP contribution < -0.4 is 5.32 Å². The van der Waals surface area contributed by atoms with Gasteiger partial charge < -0.3 is 5.32 Å². The maximum Gasteiger partial charge on any atom is 0.229 e. The van der Waals surface area contributed by atoms with Gasteiger partial charge in [0, 0.05) is 11.8 Å². The number of carbonyl (C=O) groups is 1. The number of nitrogens with one attached hydrogen (secondary N) is 2.